The second-order valence-electron chi connectivity index (χ2n) is 6.21. The highest BCUT2D eigenvalue weighted by Crippen LogP contribution is 2.49. The summed E-state index contributed by atoms with van der Waals surface area (Å²) in [5.41, 5.74) is 1.66. The van der Waals surface area contributed by atoms with Gasteiger partial charge in [0.25, 0.3) is 5.91 Å². The Kier molecular flexibility index (Phi) is 8.08. The van der Waals surface area contributed by atoms with Gasteiger partial charge in [-0.15, -0.1) is 0 Å². The molecule has 0 radical (unpaired) electrons. The van der Waals surface area contributed by atoms with Crippen LogP contribution in [0, 0.1) is 5.82 Å². The molecule has 2 aromatic carbocycles. The van der Waals surface area contributed by atoms with Crippen molar-refractivity contribution in [1.29, 1.82) is 0 Å². The van der Waals surface area contributed by atoms with Crippen molar-refractivity contribution >= 4 is 19.5 Å². The van der Waals surface area contributed by atoms with E-state index in [1.807, 2.05) is 0 Å². The fraction of sp³-hybridized carbons (Fsp3) is 0.300. The lowest BCUT2D eigenvalue weighted by Gasteiger charge is -2.17. The van der Waals surface area contributed by atoms with E-state index < -0.39 is 25.5 Å². The molecule has 0 heterocycles. The summed E-state index contributed by atoms with van der Waals surface area (Å²) < 4.78 is 39.8. The lowest BCUT2D eigenvalue weighted by Crippen LogP contribution is -2.43. The third-order valence-corrected chi connectivity index (χ3v) is 6.16. The molecule has 0 spiro atoms. The Labute approximate surface area is 168 Å². The van der Waals surface area contributed by atoms with Gasteiger partial charge in [0.15, 0.2) is 0 Å². The van der Waals surface area contributed by atoms with Gasteiger partial charge in [-0.25, -0.2) is 9.18 Å². The molecule has 2 rings (SSSR count). The molecule has 1 atom stereocenters. The fourth-order valence-corrected chi connectivity index (χ4v) is 3.69. The highest BCUT2D eigenvalue weighted by Gasteiger charge is 2.24. The van der Waals surface area contributed by atoms with Gasteiger partial charge in [0.2, 0.25) is 0 Å². The number of hydrogen-bond donors (Lipinski definition) is 1. The van der Waals surface area contributed by atoms with Crippen molar-refractivity contribution in [2.75, 3.05) is 21.3 Å². The lowest BCUT2D eigenvalue weighted by molar-refractivity contribution is -0.142. The van der Waals surface area contributed by atoms with Crippen LogP contribution in [0.2, 0.25) is 0 Å². The van der Waals surface area contributed by atoms with Crippen LogP contribution in [-0.4, -0.2) is 39.2 Å². The number of rotatable bonds is 9. The molecule has 0 bridgehead atoms. The summed E-state index contributed by atoms with van der Waals surface area (Å²) in [6.45, 7) is 0. The molecule has 9 heteroatoms. The highest BCUT2D eigenvalue weighted by atomic mass is 31.2. The summed E-state index contributed by atoms with van der Waals surface area (Å²) in [7, 11) is 0.626. The van der Waals surface area contributed by atoms with Gasteiger partial charge in [0.05, 0.1) is 13.3 Å². The first-order valence-corrected chi connectivity index (χ1v) is 10.5. The largest absolute Gasteiger partial charge is 0.467 e. The number of carbonyl (C=O) groups is 2. The molecule has 2 aromatic rings. The molecule has 0 aromatic heterocycles. The van der Waals surface area contributed by atoms with E-state index in [1.165, 1.54) is 45.6 Å². The van der Waals surface area contributed by atoms with E-state index in [0.717, 1.165) is 0 Å². The van der Waals surface area contributed by atoms with E-state index in [2.05, 4.69) is 5.32 Å². The average Bonchev–Trinajstić information content (AvgIpc) is 2.74. The quantitative estimate of drug-likeness (QED) is 0.492. The molecule has 0 aliphatic carbocycles. The van der Waals surface area contributed by atoms with Gasteiger partial charge in [-0.05, 0) is 35.4 Å². The molecule has 1 N–H and O–H groups in total. The first-order valence-electron chi connectivity index (χ1n) is 8.73. The molecule has 0 unspecified atom stereocenters. The second-order valence-corrected chi connectivity index (χ2v) is 8.48. The Hall–Kier alpha value is -2.54. The van der Waals surface area contributed by atoms with E-state index >= 15 is 0 Å². The van der Waals surface area contributed by atoms with Crippen LogP contribution in [-0.2, 0) is 35.7 Å². The third-order valence-electron chi connectivity index (χ3n) is 4.29. The third kappa shape index (κ3) is 6.49. The standard InChI is InChI=1S/C20H23FNO6P/c1-26-20(24)18(12-14-6-10-17(21)11-7-14)22-19(23)16-8-4-15(5-9-16)13-29(25,27-2)28-3/h4-11,18H,12-13H2,1-3H3,(H,22,23)/t18-/m1/s1. The number of carbonyl (C=O) groups excluding carboxylic acids is 2. The van der Waals surface area contributed by atoms with E-state index in [-0.39, 0.29) is 18.4 Å². The predicted molar refractivity (Wildman–Crippen MR) is 105 cm³/mol. The average molecular weight is 423 g/mol. The van der Waals surface area contributed by atoms with Crippen molar-refractivity contribution in [3.05, 3.63) is 71.0 Å². The highest BCUT2D eigenvalue weighted by molar-refractivity contribution is 7.52. The smallest absolute Gasteiger partial charge is 0.334 e. The Morgan fingerprint density at radius 1 is 0.966 bits per heavy atom. The van der Waals surface area contributed by atoms with Crippen LogP contribution in [0.4, 0.5) is 4.39 Å². The summed E-state index contributed by atoms with van der Waals surface area (Å²) in [4.78, 5) is 24.6. The van der Waals surface area contributed by atoms with Crippen LogP contribution >= 0.6 is 7.60 Å². The molecule has 29 heavy (non-hydrogen) atoms. The molecule has 7 nitrogen and oxygen atoms in total. The zero-order valence-corrected chi connectivity index (χ0v) is 17.3. The van der Waals surface area contributed by atoms with Gasteiger partial charge in [-0.1, -0.05) is 24.3 Å². The van der Waals surface area contributed by atoms with Gasteiger partial charge < -0.3 is 19.1 Å². The van der Waals surface area contributed by atoms with Crippen LogP contribution in [0.15, 0.2) is 48.5 Å². The maximum absolute atomic E-state index is 13.1. The Morgan fingerprint density at radius 2 is 1.52 bits per heavy atom. The number of nitrogens with one attached hydrogen (secondary N) is 1. The van der Waals surface area contributed by atoms with E-state index in [0.29, 0.717) is 16.7 Å². The van der Waals surface area contributed by atoms with E-state index in [1.54, 1.807) is 24.3 Å². The zero-order chi connectivity index (χ0) is 21.4. The number of methoxy groups -OCH3 is 1. The number of halogens is 1. The first-order chi connectivity index (χ1) is 13.8. The molecule has 0 aliphatic rings. The molecule has 0 saturated heterocycles. The minimum Gasteiger partial charge on any atom is -0.467 e. The molecular formula is C20H23FNO6P. The molecule has 156 valence electrons. The van der Waals surface area contributed by atoms with Gasteiger partial charge in [0.1, 0.15) is 11.9 Å². The fourth-order valence-electron chi connectivity index (χ4n) is 2.62. The van der Waals surface area contributed by atoms with Crippen molar-refractivity contribution in [3.63, 3.8) is 0 Å². The normalized spacial score (nSPS) is 12.3. The van der Waals surface area contributed by atoms with Gasteiger partial charge in [-0.2, -0.15) is 0 Å². The second kappa shape index (κ2) is 10.3. The Morgan fingerprint density at radius 3 is 2.03 bits per heavy atom. The van der Waals surface area contributed by atoms with E-state index in [9.17, 15) is 18.5 Å². The number of ether oxygens (including phenoxy) is 1. The number of hydrogen-bond acceptors (Lipinski definition) is 6. The van der Waals surface area contributed by atoms with Crippen LogP contribution < -0.4 is 5.32 Å². The summed E-state index contributed by atoms with van der Waals surface area (Å²) in [5, 5.41) is 2.63. The maximum Gasteiger partial charge on any atom is 0.334 e. The molecule has 0 saturated carbocycles. The Bertz CT molecular complexity index is 877. The van der Waals surface area contributed by atoms with Gasteiger partial charge in [-0.3, -0.25) is 9.36 Å². The zero-order valence-electron chi connectivity index (χ0n) is 16.4. The first kappa shape index (κ1) is 22.7. The number of amides is 1. The Balaban J connectivity index is 2.09. The van der Waals surface area contributed by atoms with Crippen molar-refractivity contribution in [3.8, 4) is 0 Å². The van der Waals surface area contributed by atoms with Crippen molar-refractivity contribution in [2.24, 2.45) is 0 Å². The molecule has 1 amide bonds. The van der Waals surface area contributed by atoms with Crippen LogP contribution in [0.25, 0.3) is 0 Å². The van der Waals surface area contributed by atoms with Crippen molar-refractivity contribution in [2.45, 2.75) is 18.6 Å². The SMILES string of the molecule is COC(=O)[C@@H](Cc1ccc(F)cc1)NC(=O)c1ccc(CP(=O)(OC)OC)cc1. The van der Waals surface area contributed by atoms with Gasteiger partial charge >= 0.3 is 13.6 Å². The molecule has 0 aliphatic heterocycles. The minimum absolute atomic E-state index is 0.0667. The van der Waals surface area contributed by atoms with Crippen LogP contribution in [0.5, 0.6) is 0 Å². The summed E-state index contributed by atoms with van der Waals surface area (Å²) in [5.74, 6) is -1.48. The lowest BCUT2D eigenvalue weighted by atomic mass is 10.0. The van der Waals surface area contributed by atoms with E-state index in [4.69, 9.17) is 13.8 Å². The van der Waals surface area contributed by atoms with Gasteiger partial charge in [0, 0.05) is 26.2 Å². The predicted octanol–water partition coefficient (Wildman–Crippen LogP) is 3.33. The van der Waals surface area contributed by atoms with Crippen LogP contribution in [0.1, 0.15) is 21.5 Å². The number of benzene rings is 2. The molecular weight excluding hydrogens is 400 g/mol. The summed E-state index contributed by atoms with van der Waals surface area (Å²) in [6.07, 6.45) is 0.221. The molecule has 0 fully saturated rings. The topological polar surface area (TPSA) is 90.9 Å². The van der Waals surface area contributed by atoms with Crippen LogP contribution in [0.3, 0.4) is 0 Å². The summed E-state index contributed by atoms with van der Waals surface area (Å²) in [6, 6.07) is 11.1. The summed E-state index contributed by atoms with van der Waals surface area (Å²) >= 11 is 0. The monoisotopic (exact) mass is 423 g/mol. The maximum atomic E-state index is 13.1. The van der Waals surface area contributed by atoms with Crippen molar-refractivity contribution < 1.29 is 32.3 Å². The van der Waals surface area contributed by atoms with Crippen molar-refractivity contribution in [1.82, 2.24) is 5.32 Å². The number of esters is 1. The minimum atomic E-state index is -3.21.